The number of halogens is 1. The molecule has 3 rings (SSSR count). The van der Waals surface area contributed by atoms with Crippen molar-refractivity contribution in [2.45, 2.75) is 27.4 Å². The minimum absolute atomic E-state index is 0.152. The first-order chi connectivity index (χ1) is 12.5. The Morgan fingerprint density at radius 1 is 1.23 bits per heavy atom. The van der Waals surface area contributed by atoms with Gasteiger partial charge in [-0.2, -0.15) is 0 Å². The second-order valence-corrected chi connectivity index (χ2v) is 6.53. The molecule has 4 nitrogen and oxygen atoms in total. The maximum atomic E-state index is 12.4. The smallest absolute Gasteiger partial charge is 0.338 e. The van der Waals surface area contributed by atoms with Crippen molar-refractivity contribution in [3.63, 3.8) is 0 Å². The molecule has 0 saturated heterocycles. The van der Waals surface area contributed by atoms with Crippen molar-refractivity contribution in [3.8, 4) is 11.3 Å². The predicted molar refractivity (Wildman–Crippen MR) is 104 cm³/mol. The van der Waals surface area contributed by atoms with E-state index in [1.54, 1.807) is 13.0 Å². The van der Waals surface area contributed by atoms with Crippen LogP contribution < -0.4 is 0 Å². The lowest BCUT2D eigenvalue weighted by molar-refractivity contribution is 0.0525. The van der Waals surface area contributed by atoms with Crippen LogP contribution >= 0.6 is 11.6 Å². The first-order valence-electron chi connectivity index (χ1n) is 8.44. The molecule has 0 amide bonds. The maximum absolute atomic E-state index is 12.4. The molecule has 0 aliphatic carbocycles. The van der Waals surface area contributed by atoms with Crippen LogP contribution in [0.5, 0.6) is 0 Å². The number of carbonyl (C=O) groups excluding carboxylic acids is 1. The van der Waals surface area contributed by atoms with Gasteiger partial charge in [-0.3, -0.25) is 0 Å². The number of fused-ring (bicyclic) bond motifs is 1. The number of carbonyl (C=O) groups is 1. The Bertz CT molecular complexity index is 998. The quantitative estimate of drug-likeness (QED) is 0.668. The predicted octanol–water partition coefficient (Wildman–Crippen LogP) is 4.84. The number of aliphatic hydroxyl groups is 1. The topological polar surface area (TPSA) is 59.4 Å². The summed E-state index contributed by atoms with van der Waals surface area (Å²) in [5.41, 5.74) is 4.87. The average molecular weight is 370 g/mol. The van der Waals surface area contributed by atoms with E-state index in [4.69, 9.17) is 21.3 Å². The molecule has 1 N–H and O–H groups in total. The van der Waals surface area contributed by atoms with Gasteiger partial charge < -0.3 is 9.84 Å². The van der Waals surface area contributed by atoms with E-state index in [-0.39, 0.29) is 12.6 Å². The molecule has 1 aromatic heterocycles. The largest absolute Gasteiger partial charge is 0.462 e. The summed E-state index contributed by atoms with van der Waals surface area (Å²) in [6.07, 6.45) is 0. The Balaban J connectivity index is 2.31. The van der Waals surface area contributed by atoms with Gasteiger partial charge in [-0.05, 0) is 50.1 Å². The van der Waals surface area contributed by atoms with Crippen LogP contribution in [0.3, 0.4) is 0 Å². The molecule has 0 bridgehead atoms. The van der Waals surface area contributed by atoms with E-state index in [0.717, 1.165) is 22.1 Å². The van der Waals surface area contributed by atoms with E-state index in [1.807, 2.05) is 44.2 Å². The van der Waals surface area contributed by atoms with Gasteiger partial charge in [0.2, 0.25) is 0 Å². The number of rotatable bonds is 4. The van der Waals surface area contributed by atoms with Gasteiger partial charge in [-0.25, -0.2) is 9.78 Å². The van der Waals surface area contributed by atoms with Crippen LogP contribution in [-0.2, 0) is 11.3 Å². The molecule has 1 heterocycles. The van der Waals surface area contributed by atoms with Gasteiger partial charge in [0, 0.05) is 21.5 Å². The molecule has 0 saturated carbocycles. The van der Waals surface area contributed by atoms with Gasteiger partial charge in [0.25, 0.3) is 0 Å². The highest BCUT2D eigenvalue weighted by Crippen LogP contribution is 2.33. The molecule has 0 unspecified atom stereocenters. The van der Waals surface area contributed by atoms with Crippen LogP contribution in [0.2, 0.25) is 5.02 Å². The normalized spacial score (nSPS) is 11.0. The molecule has 26 heavy (non-hydrogen) atoms. The number of hydrogen-bond acceptors (Lipinski definition) is 4. The minimum Gasteiger partial charge on any atom is -0.462 e. The first-order valence-corrected chi connectivity index (χ1v) is 8.82. The highest BCUT2D eigenvalue weighted by atomic mass is 35.5. The highest BCUT2D eigenvalue weighted by Gasteiger charge is 2.19. The van der Waals surface area contributed by atoms with Gasteiger partial charge in [0.05, 0.1) is 30.0 Å². The number of ether oxygens (including phenoxy) is 1. The molecule has 0 spiro atoms. The standard InChI is InChI=1S/C21H20ClNO3/c1-4-26-21(25)18-12(2)9-14-10-15(11-24)20(23-19(14)13(18)3)16-7-5-6-8-17(16)22/h5-10,24H,4,11H2,1-3H3. The number of esters is 1. The van der Waals surface area contributed by atoms with E-state index in [0.29, 0.717) is 34.0 Å². The number of aliphatic hydroxyl groups excluding tert-OH is 1. The number of aromatic nitrogens is 1. The summed E-state index contributed by atoms with van der Waals surface area (Å²) in [6, 6.07) is 11.2. The first kappa shape index (κ1) is 18.4. The van der Waals surface area contributed by atoms with Crippen LogP contribution in [-0.4, -0.2) is 22.7 Å². The Kier molecular flexibility index (Phi) is 5.25. The van der Waals surface area contributed by atoms with Crippen LogP contribution in [0.4, 0.5) is 0 Å². The van der Waals surface area contributed by atoms with Crippen molar-refractivity contribution in [2.75, 3.05) is 6.61 Å². The van der Waals surface area contributed by atoms with Gasteiger partial charge in [0.15, 0.2) is 0 Å². The van der Waals surface area contributed by atoms with Crippen LogP contribution in [0.25, 0.3) is 22.2 Å². The number of aryl methyl sites for hydroxylation is 2. The van der Waals surface area contributed by atoms with Crippen molar-refractivity contribution in [3.05, 3.63) is 63.7 Å². The molecule has 0 radical (unpaired) electrons. The van der Waals surface area contributed by atoms with Crippen molar-refractivity contribution in [1.82, 2.24) is 4.98 Å². The van der Waals surface area contributed by atoms with E-state index in [2.05, 4.69) is 0 Å². The maximum Gasteiger partial charge on any atom is 0.338 e. The summed E-state index contributed by atoms with van der Waals surface area (Å²) in [5, 5.41) is 11.3. The summed E-state index contributed by atoms with van der Waals surface area (Å²) in [6.45, 7) is 5.69. The lowest BCUT2D eigenvalue weighted by Crippen LogP contribution is -2.10. The molecule has 0 atom stereocenters. The summed E-state index contributed by atoms with van der Waals surface area (Å²) in [7, 11) is 0. The summed E-state index contributed by atoms with van der Waals surface area (Å²) in [5.74, 6) is -0.350. The fourth-order valence-corrected chi connectivity index (χ4v) is 3.45. The van der Waals surface area contributed by atoms with Crippen LogP contribution in [0.15, 0.2) is 36.4 Å². The van der Waals surface area contributed by atoms with E-state index >= 15 is 0 Å². The van der Waals surface area contributed by atoms with Gasteiger partial charge in [0.1, 0.15) is 0 Å². The minimum atomic E-state index is -0.350. The molecule has 5 heteroatoms. The summed E-state index contributed by atoms with van der Waals surface area (Å²) >= 11 is 6.33. The molecule has 0 fully saturated rings. The average Bonchev–Trinajstić information content (AvgIpc) is 2.61. The second kappa shape index (κ2) is 7.44. The summed E-state index contributed by atoms with van der Waals surface area (Å²) in [4.78, 5) is 17.1. The summed E-state index contributed by atoms with van der Waals surface area (Å²) < 4.78 is 5.19. The Hall–Kier alpha value is -2.43. The van der Waals surface area contributed by atoms with E-state index in [9.17, 15) is 9.90 Å². The van der Waals surface area contributed by atoms with Crippen LogP contribution in [0.1, 0.15) is 34.0 Å². The number of hydrogen-bond donors (Lipinski definition) is 1. The lowest BCUT2D eigenvalue weighted by atomic mass is 9.96. The second-order valence-electron chi connectivity index (χ2n) is 6.12. The molecule has 2 aromatic carbocycles. The molecular formula is C21H20ClNO3. The number of nitrogens with zero attached hydrogens (tertiary/aromatic N) is 1. The Morgan fingerprint density at radius 2 is 1.96 bits per heavy atom. The lowest BCUT2D eigenvalue weighted by Gasteiger charge is -2.15. The van der Waals surface area contributed by atoms with Crippen molar-refractivity contribution in [2.24, 2.45) is 0 Å². The van der Waals surface area contributed by atoms with E-state index in [1.165, 1.54) is 0 Å². The zero-order valence-electron chi connectivity index (χ0n) is 15.0. The third-order valence-electron chi connectivity index (χ3n) is 4.41. The third-order valence-corrected chi connectivity index (χ3v) is 4.74. The van der Waals surface area contributed by atoms with E-state index < -0.39 is 0 Å². The number of benzene rings is 2. The van der Waals surface area contributed by atoms with Gasteiger partial charge >= 0.3 is 5.97 Å². The third kappa shape index (κ3) is 3.18. The van der Waals surface area contributed by atoms with Crippen molar-refractivity contribution in [1.29, 1.82) is 0 Å². The van der Waals surface area contributed by atoms with Crippen molar-refractivity contribution < 1.29 is 14.6 Å². The monoisotopic (exact) mass is 369 g/mol. The fraction of sp³-hybridized carbons (Fsp3) is 0.238. The molecule has 0 aliphatic heterocycles. The molecule has 134 valence electrons. The zero-order chi connectivity index (χ0) is 18.8. The van der Waals surface area contributed by atoms with Crippen molar-refractivity contribution >= 4 is 28.5 Å². The number of pyridine rings is 1. The SMILES string of the molecule is CCOC(=O)c1c(C)cc2cc(CO)c(-c3ccccc3Cl)nc2c1C. The molecular weight excluding hydrogens is 350 g/mol. The van der Waals surface area contributed by atoms with Gasteiger partial charge in [-0.15, -0.1) is 0 Å². The Morgan fingerprint density at radius 3 is 2.62 bits per heavy atom. The molecule has 0 aliphatic rings. The fourth-order valence-electron chi connectivity index (χ4n) is 3.23. The zero-order valence-corrected chi connectivity index (χ0v) is 15.7. The Labute approximate surface area is 157 Å². The highest BCUT2D eigenvalue weighted by molar-refractivity contribution is 6.33. The van der Waals surface area contributed by atoms with Gasteiger partial charge in [-0.1, -0.05) is 29.8 Å². The van der Waals surface area contributed by atoms with Crippen LogP contribution in [0, 0.1) is 13.8 Å². The molecule has 3 aromatic rings.